The monoisotopic (exact) mass is 989 g/mol. The summed E-state index contributed by atoms with van der Waals surface area (Å²) in [6.07, 6.45) is 27.7. The van der Waals surface area contributed by atoms with Crippen molar-refractivity contribution < 1.29 is 34.1 Å². The molecule has 9 nitrogen and oxygen atoms in total. The molecular formula is C64H80N2O7. The first kappa shape index (κ1) is 56.0. The molecule has 388 valence electrons. The minimum atomic E-state index is -1.35. The number of ether oxygens (including phenoxy) is 1. The number of benzene rings is 4. The van der Waals surface area contributed by atoms with Crippen LogP contribution < -0.4 is 14.5 Å². The van der Waals surface area contributed by atoms with Gasteiger partial charge in [-0.2, -0.15) is 0 Å². The number of carboxylic acid groups (broad SMARTS) is 1. The lowest BCUT2D eigenvalue weighted by Gasteiger charge is -2.25. The highest BCUT2D eigenvalue weighted by Crippen LogP contribution is 2.34. The molecule has 9 heteroatoms. The van der Waals surface area contributed by atoms with Crippen molar-refractivity contribution in [2.45, 2.75) is 194 Å². The number of esters is 1. The Morgan fingerprint density at radius 3 is 1.42 bits per heavy atom. The van der Waals surface area contributed by atoms with Gasteiger partial charge in [-0.05, 0) is 109 Å². The molecular weight excluding hydrogens is 909 g/mol. The number of carbonyl (C=O) groups is 4. The molecule has 0 spiro atoms. The van der Waals surface area contributed by atoms with E-state index >= 15 is 0 Å². The topological polar surface area (TPSA) is 124 Å². The van der Waals surface area contributed by atoms with Gasteiger partial charge in [0.2, 0.25) is 11.8 Å². The molecule has 2 saturated carbocycles. The fourth-order valence-corrected chi connectivity index (χ4v) is 10.2. The van der Waals surface area contributed by atoms with E-state index in [0.29, 0.717) is 36.1 Å². The van der Waals surface area contributed by atoms with Gasteiger partial charge in [0.1, 0.15) is 22.6 Å². The van der Waals surface area contributed by atoms with Gasteiger partial charge in [-0.25, -0.2) is 9.59 Å². The smallest absolute Gasteiger partial charge is 0.347 e. The maximum atomic E-state index is 14.1. The van der Waals surface area contributed by atoms with Crippen LogP contribution in [-0.2, 0) is 22.7 Å². The Morgan fingerprint density at radius 1 is 0.548 bits per heavy atom. The molecule has 0 heterocycles. The van der Waals surface area contributed by atoms with Crippen LogP contribution in [-0.4, -0.2) is 34.0 Å². The predicted octanol–water partition coefficient (Wildman–Crippen LogP) is 15.5. The molecule has 6 rings (SSSR count). The van der Waals surface area contributed by atoms with Gasteiger partial charge in [0.15, 0.2) is 0 Å². The van der Waals surface area contributed by atoms with E-state index in [1.165, 1.54) is 114 Å². The second-order valence-electron chi connectivity index (χ2n) is 20.4. The summed E-state index contributed by atoms with van der Waals surface area (Å²) in [6.45, 7) is 4.88. The number of hydrogen-bond donors (Lipinski definition) is 2. The number of unbranched alkanes of at least 4 members (excludes halogenated alkanes) is 12. The summed E-state index contributed by atoms with van der Waals surface area (Å²) in [5.41, 5.74) is 3.77. The highest BCUT2D eigenvalue weighted by Gasteiger charge is 2.27. The zero-order valence-corrected chi connectivity index (χ0v) is 43.9. The maximum absolute atomic E-state index is 14.1. The quantitative estimate of drug-likeness (QED) is 0.0264. The first-order chi connectivity index (χ1) is 35.6. The third-order valence-corrected chi connectivity index (χ3v) is 14.7. The zero-order chi connectivity index (χ0) is 51.6. The minimum Gasteiger partial charge on any atom is -0.507 e. The van der Waals surface area contributed by atoms with Gasteiger partial charge in [0.25, 0.3) is 0 Å². The molecule has 2 N–H and O–H groups in total. The fraction of sp³-hybridized carbons (Fsp3) is 0.500. The van der Waals surface area contributed by atoms with Gasteiger partial charge in [0.05, 0.1) is 13.1 Å². The molecule has 0 aromatic heterocycles. The first-order valence-electron chi connectivity index (χ1n) is 27.8. The number of phenolic OH excluding ortho intramolecular Hbond substituents is 1. The summed E-state index contributed by atoms with van der Waals surface area (Å²) in [6, 6.07) is 24.4. The van der Waals surface area contributed by atoms with Crippen LogP contribution in [0, 0.1) is 35.5 Å². The lowest BCUT2D eigenvalue weighted by atomic mass is 10.0. The summed E-state index contributed by atoms with van der Waals surface area (Å²) >= 11 is 0. The van der Waals surface area contributed by atoms with Crippen molar-refractivity contribution in [2.24, 2.45) is 11.8 Å². The number of carboxylic acids is 1. The summed E-state index contributed by atoms with van der Waals surface area (Å²) in [5.74, 6) is 10.9. The molecule has 2 fully saturated rings. The normalized spacial score (nSPS) is 13.5. The molecule has 2 aliphatic carbocycles. The molecule has 0 unspecified atom stereocenters. The molecule has 4 aromatic carbocycles. The van der Waals surface area contributed by atoms with Gasteiger partial charge in [-0.15, -0.1) is 0 Å². The van der Waals surface area contributed by atoms with E-state index in [4.69, 9.17) is 4.74 Å². The average molecular weight is 989 g/mol. The third kappa shape index (κ3) is 18.6. The Hall–Kier alpha value is -6.32. The summed E-state index contributed by atoms with van der Waals surface area (Å²) < 4.78 is 5.78. The summed E-state index contributed by atoms with van der Waals surface area (Å²) in [7, 11) is 0. The van der Waals surface area contributed by atoms with Crippen LogP contribution in [0.4, 0.5) is 11.4 Å². The Kier molecular flexibility index (Phi) is 23.5. The molecule has 0 aliphatic heterocycles. The number of aromatic carboxylic acids is 1. The lowest BCUT2D eigenvalue weighted by Crippen LogP contribution is -2.31. The van der Waals surface area contributed by atoms with E-state index in [-0.39, 0.29) is 47.5 Å². The van der Waals surface area contributed by atoms with E-state index < -0.39 is 11.9 Å². The molecule has 0 saturated heterocycles. The van der Waals surface area contributed by atoms with Crippen LogP contribution in [0.5, 0.6) is 11.5 Å². The second-order valence-corrected chi connectivity index (χ2v) is 20.4. The zero-order valence-electron chi connectivity index (χ0n) is 43.9. The Morgan fingerprint density at radius 2 is 0.973 bits per heavy atom. The van der Waals surface area contributed by atoms with Crippen LogP contribution in [0.2, 0.25) is 0 Å². The minimum absolute atomic E-state index is 0.103. The number of amides is 2. The number of carbonyl (C=O) groups excluding carboxylic acids is 3. The molecule has 0 bridgehead atoms. The first-order valence-corrected chi connectivity index (χ1v) is 27.8. The van der Waals surface area contributed by atoms with Crippen LogP contribution >= 0.6 is 0 Å². The molecule has 2 aliphatic rings. The highest BCUT2D eigenvalue weighted by molar-refractivity contribution is 6.01. The number of hydrogen-bond acceptors (Lipinski definition) is 6. The lowest BCUT2D eigenvalue weighted by molar-refractivity contribution is -0.119. The number of nitrogens with zero attached hydrogens (tertiary/aromatic N) is 2. The molecule has 4 aromatic rings. The summed E-state index contributed by atoms with van der Waals surface area (Å²) in [5, 5.41) is 21.6. The van der Waals surface area contributed by atoms with Gasteiger partial charge < -0.3 is 24.7 Å². The van der Waals surface area contributed by atoms with Gasteiger partial charge >= 0.3 is 11.9 Å². The van der Waals surface area contributed by atoms with Gasteiger partial charge in [-0.3, -0.25) is 9.59 Å². The number of anilines is 2. The standard InChI is InChI=1S/C64H80N2O7/c1-3-5-7-9-11-13-15-17-23-51-29-33-53(34-30-51)47-65(61(68)43-37-49-25-19-20-26-49)55-39-41-59(67)57(45-55)64(72)73-60-42-40-56(46-58(60)63(70)71)66(62(69)44-38-50-27-21-22-28-50)48-54-35-31-52(32-36-54)24-18-16-14-12-10-8-6-4-2/h29-36,39-42,45-46,49-50,67H,3-16,19-22,25-28,37-38,43-44,47-48H2,1-2H3,(H,70,71). The van der Waals surface area contributed by atoms with E-state index in [0.717, 1.165) is 86.5 Å². The number of phenols is 1. The molecule has 73 heavy (non-hydrogen) atoms. The van der Waals surface area contributed by atoms with E-state index in [1.54, 1.807) is 21.9 Å². The van der Waals surface area contributed by atoms with Gasteiger partial charge in [0, 0.05) is 48.2 Å². The Bertz CT molecular complexity index is 2510. The predicted molar refractivity (Wildman–Crippen MR) is 294 cm³/mol. The average Bonchev–Trinajstić information content (AvgIpc) is 4.14. The van der Waals surface area contributed by atoms with Gasteiger partial charge in [-0.1, -0.05) is 177 Å². The fourth-order valence-electron chi connectivity index (χ4n) is 10.2. The van der Waals surface area contributed by atoms with Crippen molar-refractivity contribution in [2.75, 3.05) is 9.80 Å². The van der Waals surface area contributed by atoms with Crippen molar-refractivity contribution in [3.8, 4) is 35.2 Å². The third-order valence-electron chi connectivity index (χ3n) is 14.7. The van der Waals surface area contributed by atoms with E-state index in [1.807, 2.05) is 48.5 Å². The van der Waals surface area contributed by atoms with E-state index in [2.05, 4.69) is 37.5 Å². The Labute approximate surface area is 436 Å². The molecule has 0 atom stereocenters. The van der Waals surface area contributed by atoms with Crippen LogP contribution in [0.15, 0.2) is 84.9 Å². The maximum Gasteiger partial charge on any atom is 0.347 e. The van der Waals surface area contributed by atoms with Crippen molar-refractivity contribution in [3.05, 3.63) is 118 Å². The van der Waals surface area contributed by atoms with Crippen molar-refractivity contribution in [3.63, 3.8) is 0 Å². The molecule has 2 amide bonds. The van der Waals surface area contributed by atoms with Crippen molar-refractivity contribution >= 4 is 35.1 Å². The van der Waals surface area contributed by atoms with Crippen molar-refractivity contribution in [1.29, 1.82) is 0 Å². The largest absolute Gasteiger partial charge is 0.507 e. The molecule has 0 radical (unpaired) electrons. The number of aromatic hydroxyl groups is 1. The number of rotatable bonds is 27. The van der Waals surface area contributed by atoms with Crippen LogP contribution in [0.25, 0.3) is 0 Å². The SMILES string of the molecule is CCCCCCCCC#Cc1ccc(CN(C(=O)CCC2CCCC2)c2ccc(O)c(C(=O)Oc3ccc(N(Cc4ccc(C#CCCCCCCCC)cc4)C(=O)CCC4CCCC4)cc3C(=O)O)c2)cc1. The Balaban J connectivity index is 1.18. The highest BCUT2D eigenvalue weighted by atomic mass is 16.5. The second kappa shape index (κ2) is 30.7. The van der Waals surface area contributed by atoms with E-state index in [9.17, 15) is 29.4 Å². The summed E-state index contributed by atoms with van der Waals surface area (Å²) in [4.78, 5) is 58.4. The van der Waals surface area contributed by atoms with Crippen LogP contribution in [0.3, 0.4) is 0 Å². The van der Waals surface area contributed by atoms with Crippen LogP contribution in [0.1, 0.15) is 224 Å². The van der Waals surface area contributed by atoms with Crippen molar-refractivity contribution in [1.82, 2.24) is 0 Å².